The van der Waals surface area contributed by atoms with E-state index in [4.69, 9.17) is 16.4 Å². The standard InChI is InChI=1S/C8H6N4.BrH/c9-4-6-1-2-7(5-10)8(3-6)12-11;/h1-3,12H,11H2;1H. The van der Waals surface area contributed by atoms with Crippen molar-refractivity contribution < 1.29 is 0 Å². The molecule has 0 aliphatic carbocycles. The summed E-state index contributed by atoms with van der Waals surface area (Å²) >= 11 is 0. The van der Waals surface area contributed by atoms with Crippen LogP contribution in [0.3, 0.4) is 0 Å². The third-order valence-corrected chi connectivity index (χ3v) is 1.42. The molecule has 0 saturated carbocycles. The second-order valence-electron chi connectivity index (χ2n) is 2.13. The maximum atomic E-state index is 8.58. The lowest BCUT2D eigenvalue weighted by Crippen LogP contribution is -2.08. The molecular formula is C8H7BrN4. The third kappa shape index (κ3) is 2.45. The van der Waals surface area contributed by atoms with Crippen LogP contribution in [-0.4, -0.2) is 0 Å². The van der Waals surface area contributed by atoms with Crippen molar-refractivity contribution in [1.29, 1.82) is 10.5 Å². The van der Waals surface area contributed by atoms with E-state index in [1.165, 1.54) is 6.07 Å². The molecule has 0 aliphatic heterocycles. The molecule has 1 rings (SSSR count). The maximum Gasteiger partial charge on any atom is 0.101 e. The molecule has 0 spiro atoms. The van der Waals surface area contributed by atoms with E-state index < -0.39 is 0 Å². The summed E-state index contributed by atoms with van der Waals surface area (Å²) < 4.78 is 0. The molecule has 5 heteroatoms. The van der Waals surface area contributed by atoms with Crippen LogP contribution in [0.15, 0.2) is 18.2 Å². The van der Waals surface area contributed by atoms with Crippen LogP contribution in [0, 0.1) is 22.7 Å². The second-order valence-corrected chi connectivity index (χ2v) is 2.13. The SMILES string of the molecule is Br.N#Cc1ccc(C#N)c(NN)c1. The summed E-state index contributed by atoms with van der Waals surface area (Å²) in [5.74, 6) is 5.14. The van der Waals surface area contributed by atoms with E-state index in [0.29, 0.717) is 16.8 Å². The highest BCUT2D eigenvalue weighted by molar-refractivity contribution is 8.93. The van der Waals surface area contributed by atoms with E-state index >= 15 is 0 Å². The van der Waals surface area contributed by atoms with Crippen molar-refractivity contribution in [1.82, 2.24) is 0 Å². The third-order valence-electron chi connectivity index (χ3n) is 1.42. The lowest BCUT2D eigenvalue weighted by Gasteiger charge is -2.01. The summed E-state index contributed by atoms with van der Waals surface area (Å²) in [6.45, 7) is 0. The van der Waals surface area contributed by atoms with Gasteiger partial charge in [0.1, 0.15) is 6.07 Å². The molecule has 0 bridgehead atoms. The number of anilines is 1. The van der Waals surface area contributed by atoms with Crippen molar-refractivity contribution in [3.63, 3.8) is 0 Å². The van der Waals surface area contributed by atoms with Gasteiger partial charge in [-0.25, -0.2) is 0 Å². The minimum absolute atomic E-state index is 0. The van der Waals surface area contributed by atoms with Crippen molar-refractivity contribution in [2.45, 2.75) is 0 Å². The molecular weight excluding hydrogens is 232 g/mol. The normalized spacial score (nSPS) is 7.62. The summed E-state index contributed by atoms with van der Waals surface area (Å²) in [5.41, 5.74) is 3.72. The number of nitriles is 2. The lowest BCUT2D eigenvalue weighted by atomic mass is 10.1. The minimum atomic E-state index is 0. The Kier molecular flexibility index (Phi) is 4.53. The number of nitrogens with one attached hydrogen (secondary N) is 1. The van der Waals surface area contributed by atoms with Crippen LogP contribution in [-0.2, 0) is 0 Å². The molecule has 0 unspecified atom stereocenters. The van der Waals surface area contributed by atoms with Crippen LogP contribution in [0.4, 0.5) is 5.69 Å². The molecule has 0 heterocycles. The van der Waals surface area contributed by atoms with E-state index in [1.54, 1.807) is 12.1 Å². The largest absolute Gasteiger partial charge is 0.323 e. The first-order valence-electron chi connectivity index (χ1n) is 3.22. The summed E-state index contributed by atoms with van der Waals surface area (Å²) in [7, 11) is 0. The van der Waals surface area contributed by atoms with Gasteiger partial charge in [0.25, 0.3) is 0 Å². The number of hydrazine groups is 1. The first kappa shape index (κ1) is 11.4. The Labute approximate surface area is 86.3 Å². The highest BCUT2D eigenvalue weighted by Crippen LogP contribution is 2.14. The summed E-state index contributed by atoms with van der Waals surface area (Å²) in [6.07, 6.45) is 0. The van der Waals surface area contributed by atoms with Gasteiger partial charge < -0.3 is 5.43 Å². The second kappa shape index (κ2) is 5.15. The summed E-state index contributed by atoms with van der Waals surface area (Å²) in [4.78, 5) is 0. The van der Waals surface area contributed by atoms with Gasteiger partial charge in [0, 0.05) is 0 Å². The first-order chi connectivity index (χ1) is 5.81. The minimum Gasteiger partial charge on any atom is -0.323 e. The predicted molar refractivity (Wildman–Crippen MR) is 54.0 cm³/mol. The van der Waals surface area contributed by atoms with E-state index in [2.05, 4.69) is 5.43 Å². The molecule has 66 valence electrons. The number of nitrogens with zero attached hydrogens (tertiary/aromatic N) is 2. The van der Waals surface area contributed by atoms with Crippen LogP contribution < -0.4 is 11.3 Å². The van der Waals surface area contributed by atoms with Crippen LogP contribution in [0.2, 0.25) is 0 Å². The average Bonchev–Trinajstić information content (AvgIpc) is 2.16. The van der Waals surface area contributed by atoms with E-state index in [-0.39, 0.29) is 17.0 Å². The van der Waals surface area contributed by atoms with E-state index in [0.717, 1.165) is 0 Å². The Morgan fingerprint density at radius 1 is 1.23 bits per heavy atom. The van der Waals surface area contributed by atoms with E-state index in [9.17, 15) is 0 Å². The van der Waals surface area contributed by atoms with Gasteiger partial charge >= 0.3 is 0 Å². The Hall–Kier alpha value is -1.56. The molecule has 0 fully saturated rings. The van der Waals surface area contributed by atoms with Gasteiger partial charge in [-0.1, -0.05) is 0 Å². The lowest BCUT2D eigenvalue weighted by molar-refractivity contribution is 1.33. The molecule has 0 saturated heterocycles. The predicted octanol–water partition coefficient (Wildman–Crippen LogP) is 1.29. The topological polar surface area (TPSA) is 85.6 Å². The number of benzene rings is 1. The smallest absolute Gasteiger partial charge is 0.101 e. The Morgan fingerprint density at radius 2 is 1.92 bits per heavy atom. The molecule has 4 nitrogen and oxygen atoms in total. The van der Waals surface area contributed by atoms with Gasteiger partial charge in [-0.15, -0.1) is 17.0 Å². The fourth-order valence-corrected chi connectivity index (χ4v) is 0.831. The zero-order valence-electron chi connectivity index (χ0n) is 6.61. The molecule has 0 aliphatic rings. The zero-order chi connectivity index (χ0) is 8.97. The van der Waals surface area contributed by atoms with Gasteiger partial charge in [-0.3, -0.25) is 5.84 Å². The monoisotopic (exact) mass is 238 g/mol. The first-order valence-corrected chi connectivity index (χ1v) is 3.22. The van der Waals surface area contributed by atoms with Gasteiger partial charge in [0.05, 0.1) is 22.9 Å². The van der Waals surface area contributed by atoms with Gasteiger partial charge in [0.2, 0.25) is 0 Å². The number of hydrogen-bond donors (Lipinski definition) is 2. The van der Waals surface area contributed by atoms with Crippen LogP contribution >= 0.6 is 17.0 Å². The Balaban J connectivity index is 0.00000144. The van der Waals surface area contributed by atoms with Crippen LogP contribution in [0.1, 0.15) is 11.1 Å². The molecule has 3 N–H and O–H groups in total. The van der Waals surface area contributed by atoms with Crippen molar-refractivity contribution in [2.75, 3.05) is 5.43 Å². The Bertz CT molecular complexity index is 375. The highest BCUT2D eigenvalue weighted by atomic mass is 79.9. The van der Waals surface area contributed by atoms with Gasteiger partial charge in [0.15, 0.2) is 0 Å². The average molecular weight is 239 g/mol. The van der Waals surface area contributed by atoms with Crippen molar-refractivity contribution in [2.24, 2.45) is 5.84 Å². The van der Waals surface area contributed by atoms with Crippen LogP contribution in [0.25, 0.3) is 0 Å². The molecule has 0 amide bonds. The molecule has 13 heavy (non-hydrogen) atoms. The summed E-state index contributed by atoms with van der Waals surface area (Å²) in [6, 6.07) is 8.54. The quantitative estimate of drug-likeness (QED) is 0.571. The van der Waals surface area contributed by atoms with Crippen molar-refractivity contribution >= 4 is 22.7 Å². The fraction of sp³-hybridized carbons (Fsp3) is 0. The number of nitrogens with two attached hydrogens (primary N) is 1. The maximum absolute atomic E-state index is 8.58. The molecule has 0 radical (unpaired) electrons. The van der Waals surface area contributed by atoms with Crippen molar-refractivity contribution in [3.8, 4) is 12.1 Å². The summed E-state index contributed by atoms with van der Waals surface area (Å²) in [5, 5.41) is 17.1. The number of halogens is 1. The van der Waals surface area contributed by atoms with E-state index in [1.807, 2.05) is 12.1 Å². The fourth-order valence-electron chi connectivity index (χ4n) is 0.831. The molecule has 1 aromatic carbocycles. The Morgan fingerprint density at radius 3 is 2.38 bits per heavy atom. The van der Waals surface area contributed by atoms with Crippen molar-refractivity contribution in [3.05, 3.63) is 29.3 Å². The molecule has 0 atom stereocenters. The number of rotatable bonds is 1. The van der Waals surface area contributed by atoms with Crippen LogP contribution in [0.5, 0.6) is 0 Å². The van der Waals surface area contributed by atoms with Gasteiger partial charge in [-0.05, 0) is 18.2 Å². The number of hydrogen-bond acceptors (Lipinski definition) is 4. The zero-order valence-corrected chi connectivity index (χ0v) is 8.33. The van der Waals surface area contributed by atoms with Gasteiger partial charge in [-0.2, -0.15) is 10.5 Å². The molecule has 1 aromatic rings. The molecule has 0 aromatic heterocycles. The number of nitrogen functional groups attached to an aromatic ring is 1. The highest BCUT2D eigenvalue weighted by Gasteiger charge is 2.00.